The molecule has 3 aliphatic rings. The minimum absolute atomic E-state index is 0.00561. The quantitative estimate of drug-likeness (QED) is 0.384. The van der Waals surface area contributed by atoms with Crippen LogP contribution < -0.4 is 0 Å². The fourth-order valence-corrected chi connectivity index (χ4v) is 4.50. The fraction of sp³-hybridized carbons (Fsp3) is 0.708. The number of carbonyl (C=O) groups is 1. The molecule has 0 bridgehead atoms. The summed E-state index contributed by atoms with van der Waals surface area (Å²) < 4.78 is 6.20. The molecule has 5 heteroatoms. The Hall–Kier alpha value is -1.43. The summed E-state index contributed by atoms with van der Waals surface area (Å²) in [6.07, 6.45) is 25.5. The molecule has 0 aromatic heterocycles. The van der Waals surface area contributed by atoms with Gasteiger partial charge >= 0.3 is 5.97 Å². The van der Waals surface area contributed by atoms with Gasteiger partial charge in [0, 0.05) is 0 Å². The molecule has 3 rings (SSSR count). The lowest BCUT2D eigenvalue weighted by atomic mass is 9.95. The monoisotopic (exact) mass is 404 g/mol. The van der Waals surface area contributed by atoms with E-state index in [1.165, 1.54) is 32.1 Å². The molecule has 1 unspecified atom stereocenters. The Morgan fingerprint density at radius 1 is 0.828 bits per heavy atom. The van der Waals surface area contributed by atoms with Crippen molar-refractivity contribution < 1.29 is 24.4 Å². The first-order valence-corrected chi connectivity index (χ1v) is 11.4. The fourth-order valence-electron chi connectivity index (χ4n) is 4.50. The van der Waals surface area contributed by atoms with Crippen molar-refractivity contribution in [3.05, 3.63) is 36.5 Å². The van der Waals surface area contributed by atoms with Crippen molar-refractivity contribution in [3.63, 3.8) is 0 Å². The number of hydrogen-bond acceptors (Lipinski definition) is 4. The molecule has 2 aliphatic heterocycles. The molecule has 2 heterocycles. The molecule has 0 spiro atoms. The first kappa shape index (κ1) is 22.3. The van der Waals surface area contributed by atoms with Crippen LogP contribution in [0.5, 0.6) is 0 Å². The number of ether oxygens (including phenoxy) is 1. The molecule has 0 aromatic carbocycles. The predicted octanol–water partition coefficient (Wildman–Crippen LogP) is 5.52. The van der Waals surface area contributed by atoms with E-state index in [1.54, 1.807) is 0 Å². The van der Waals surface area contributed by atoms with Crippen LogP contribution in [0.4, 0.5) is 0 Å². The third kappa shape index (κ3) is 8.07. The molecule has 0 amide bonds. The molecular weight excluding hydrogens is 368 g/mol. The molecule has 0 aromatic rings. The number of hydrogen-bond donors (Lipinski definition) is 1. The second-order valence-electron chi connectivity index (χ2n) is 8.59. The number of allylic oxidation sites excluding steroid dienone is 6. The van der Waals surface area contributed by atoms with Gasteiger partial charge in [-0.25, -0.2) is 9.78 Å². The van der Waals surface area contributed by atoms with Crippen molar-refractivity contribution in [2.45, 2.75) is 101 Å². The number of carboxylic acid groups (broad SMARTS) is 1. The van der Waals surface area contributed by atoms with Crippen molar-refractivity contribution in [3.8, 4) is 0 Å². The third-order valence-electron chi connectivity index (χ3n) is 6.19. The Bertz CT molecular complexity index is 574. The summed E-state index contributed by atoms with van der Waals surface area (Å²) in [6, 6.07) is 0. The summed E-state index contributed by atoms with van der Waals surface area (Å²) in [5.41, 5.74) is 0. The highest BCUT2D eigenvalue weighted by atomic mass is 17.2. The van der Waals surface area contributed by atoms with E-state index < -0.39 is 5.97 Å². The average molecular weight is 405 g/mol. The number of rotatable bonds is 10. The van der Waals surface area contributed by atoms with Gasteiger partial charge in [-0.15, -0.1) is 0 Å². The Balaban J connectivity index is 1.22. The van der Waals surface area contributed by atoms with Crippen molar-refractivity contribution in [2.75, 3.05) is 0 Å². The zero-order valence-corrected chi connectivity index (χ0v) is 17.4. The molecule has 0 saturated carbocycles. The summed E-state index contributed by atoms with van der Waals surface area (Å²) in [5, 5.41) is 8.83. The van der Waals surface area contributed by atoms with Gasteiger partial charge in [0.1, 0.15) is 12.2 Å². The lowest BCUT2D eigenvalue weighted by Crippen LogP contribution is -2.37. The highest BCUT2D eigenvalue weighted by molar-refractivity contribution is 5.67. The van der Waals surface area contributed by atoms with Gasteiger partial charge in [-0.1, -0.05) is 62.1 Å². The number of aliphatic carboxylic acids is 1. The van der Waals surface area contributed by atoms with E-state index >= 15 is 0 Å². The van der Waals surface area contributed by atoms with Crippen molar-refractivity contribution in [1.82, 2.24) is 0 Å². The SMILES string of the molecule is O=C(O)C[C@@H]1CC[C@@H]([C@@H]2CC[C@@H](CCCCCCC3\C=C/C=C\C=C/C3)O2)OO1. The molecule has 162 valence electrons. The van der Waals surface area contributed by atoms with Crippen LogP contribution in [0.3, 0.4) is 0 Å². The first-order valence-electron chi connectivity index (χ1n) is 11.4. The van der Waals surface area contributed by atoms with E-state index in [1.807, 2.05) is 0 Å². The van der Waals surface area contributed by atoms with E-state index in [2.05, 4.69) is 36.5 Å². The topological polar surface area (TPSA) is 65.0 Å². The van der Waals surface area contributed by atoms with Gasteiger partial charge in [-0.05, 0) is 50.9 Å². The molecule has 1 aliphatic carbocycles. The smallest absolute Gasteiger partial charge is 0.306 e. The maximum absolute atomic E-state index is 10.8. The van der Waals surface area contributed by atoms with Gasteiger partial charge in [0.15, 0.2) is 0 Å². The summed E-state index contributed by atoms with van der Waals surface area (Å²) in [5.74, 6) is -0.160. The standard InChI is InChI=1S/C24H36O5/c25-24(26)18-21-15-17-23(29-28-21)22-16-14-20(27-22)13-9-5-4-8-12-19-10-6-2-1-3-7-11-19/h1-3,6-7,10,19-23H,4-5,8-9,11-18H2,(H,25,26)/b2-1-,7-3-,10-6-/t19?,20-,21+,22+,23+/m1/s1. The summed E-state index contributed by atoms with van der Waals surface area (Å²) in [4.78, 5) is 21.5. The third-order valence-corrected chi connectivity index (χ3v) is 6.19. The summed E-state index contributed by atoms with van der Waals surface area (Å²) in [7, 11) is 0. The predicted molar refractivity (Wildman–Crippen MR) is 112 cm³/mol. The maximum Gasteiger partial charge on any atom is 0.306 e. The highest BCUT2D eigenvalue weighted by Crippen LogP contribution is 2.32. The molecule has 5 nitrogen and oxygen atoms in total. The molecule has 0 radical (unpaired) electrons. The van der Waals surface area contributed by atoms with Crippen LogP contribution in [0, 0.1) is 5.92 Å². The van der Waals surface area contributed by atoms with Gasteiger partial charge in [0.2, 0.25) is 0 Å². The van der Waals surface area contributed by atoms with E-state index in [0.717, 1.165) is 38.5 Å². The minimum Gasteiger partial charge on any atom is -0.481 e. The second kappa shape index (κ2) is 12.3. The van der Waals surface area contributed by atoms with E-state index in [0.29, 0.717) is 12.0 Å². The largest absolute Gasteiger partial charge is 0.481 e. The van der Waals surface area contributed by atoms with Crippen LogP contribution in [-0.4, -0.2) is 35.5 Å². The molecular formula is C24H36O5. The lowest BCUT2D eigenvalue weighted by Gasteiger charge is -2.30. The molecule has 1 N–H and O–H groups in total. The Kier molecular flexibility index (Phi) is 9.45. The Morgan fingerprint density at radius 2 is 1.59 bits per heavy atom. The normalized spacial score (nSPS) is 35.5. The first-order chi connectivity index (χ1) is 14.2. The minimum atomic E-state index is -0.843. The van der Waals surface area contributed by atoms with Gasteiger partial charge in [-0.3, -0.25) is 4.79 Å². The molecule has 2 fully saturated rings. The van der Waals surface area contributed by atoms with Gasteiger partial charge in [-0.2, -0.15) is 0 Å². The summed E-state index contributed by atoms with van der Waals surface area (Å²) >= 11 is 0. The van der Waals surface area contributed by atoms with Crippen LogP contribution in [-0.2, 0) is 19.3 Å². The Morgan fingerprint density at radius 3 is 2.38 bits per heavy atom. The second-order valence-corrected chi connectivity index (χ2v) is 8.59. The molecule has 29 heavy (non-hydrogen) atoms. The zero-order valence-electron chi connectivity index (χ0n) is 17.4. The van der Waals surface area contributed by atoms with Crippen LogP contribution in [0.25, 0.3) is 0 Å². The number of unbranched alkanes of at least 4 members (excludes halogenated alkanes) is 3. The summed E-state index contributed by atoms with van der Waals surface area (Å²) in [6.45, 7) is 0. The lowest BCUT2D eigenvalue weighted by molar-refractivity contribution is -0.385. The zero-order chi connectivity index (χ0) is 20.3. The Labute approximate surface area is 174 Å². The molecule has 5 atom stereocenters. The molecule has 2 saturated heterocycles. The van der Waals surface area contributed by atoms with Crippen LogP contribution in [0.15, 0.2) is 36.5 Å². The van der Waals surface area contributed by atoms with E-state index in [4.69, 9.17) is 19.6 Å². The van der Waals surface area contributed by atoms with Crippen LogP contribution >= 0.6 is 0 Å². The average Bonchev–Trinajstić information content (AvgIpc) is 3.15. The maximum atomic E-state index is 10.8. The highest BCUT2D eigenvalue weighted by Gasteiger charge is 2.36. The van der Waals surface area contributed by atoms with Gasteiger partial charge in [0.25, 0.3) is 0 Å². The van der Waals surface area contributed by atoms with Crippen molar-refractivity contribution in [1.29, 1.82) is 0 Å². The van der Waals surface area contributed by atoms with Crippen LogP contribution in [0.1, 0.15) is 77.0 Å². The number of carboxylic acids is 1. The van der Waals surface area contributed by atoms with Gasteiger partial charge < -0.3 is 9.84 Å². The van der Waals surface area contributed by atoms with Crippen molar-refractivity contribution in [2.24, 2.45) is 5.92 Å². The van der Waals surface area contributed by atoms with E-state index in [-0.39, 0.29) is 24.7 Å². The van der Waals surface area contributed by atoms with E-state index in [9.17, 15) is 4.79 Å². The van der Waals surface area contributed by atoms with Crippen LogP contribution in [0.2, 0.25) is 0 Å². The van der Waals surface area contributed by atoms with Crippen molar-refractivity contribution >= 4 is 5.97 Å². The van der Waals surface area contributed by atoms with Gasteiger partial charge in [0.05, 0.1) is 18.6 Å².